The van der Waals surface area contributed by atoms with Crippen LogP contribution in [0.25, 0.3) is 11.2 Å². The number of imidazole rings is 1. The largest absolute Gasteiger partial charge is 0.497 e. The van der Waals surface area contributed by atoms with Crippen LogP contribution in [0.4, 0.5) is 10.6 Å². The molecule has 2 aromatic heterocycles. The number of methoxy groups -OCH3 is 2. The van der Waals surface area contributed by atoms with Crippen LogP contribution in [-0.2, 0) is 35.8 Å². The van der Waals surface area contributed by atoms with Gasteiger partial charge in [0, 0.05) is 17.5 Å². The molecule has 1 aliphatic heterocycles. The number of carbonyl (C=O) groups excluding carboxylic acids is 3. The first-order chi connectivity index (χ1) is 32.8. The lowest BCUT2D eigenvalue weighted by atomic mass is 9.80. The lowest BCUT2D eigenvalue weighted by molar-refractivity contribution is -0.161. The van der Waals surface area contributed by atoms with Gasteiger partial charge in [0.2, 0.25) is 0 Å². The van der Waals surface area contributed by atoms with Crippen molar-refractivity contribution in [2.45, 2.75) is 69.0 Å². The topological polar surface area (TPSA) is 208 Å². The number of nitrogens with one attached hydrogen (secondary N) is 1. The Hall–Kier alpha value is -7.66. The van der Waals surface area contributed by atoms with Crippen molar-refractivity contribution in [2.75, 3.05) is 26.6 Å². The lowest BCUT2D eigenvalue weighted by Gasteiger charge is -2.37. The highest BCUT2D eigenvalue weighted by molar-refractivity contribution is 6.09. The molecule has 1 amide bonds. The van der Waals surface area contributed by atoms with Crippen molar-refractivity contribution in [3.05, 3.63) is 179 Å². The third-order valence-electron chi connectivity index (χ3n) is 11.5. The van der Waals surface area contributed by atoms with Crippen molar-refractivity contribution in [2.24, 2.45) is 0 Å². The van der Waals surface area contributed by atoms with E-state index < -0.39 is 53.8 Å². The number of esters is 1. The zero-order valence-corrected chi connectivity index (χ0v) is 38.1. The number of carbonyl (C=O) groups is 3. The van der Waals surface area contributed by atoms with E-state index in [0.717, 1.165) is 16.7 Å². The molecule has 16 nitrogen and oxygen atoms in total. The Kier molecular flexibility index (Phi) is 13.8. The van der Waals surface area contributed by atoms with E-state index in [1.54, 1.807) is 83.5 Å². The van der Waals surface area contributed by atoms with Crippen LogP contribution in [0.15, 0.2) is 146 Å². The highest BCUT2D eigenvalue weighted by atomic mass is 16.6. The number of aliphatic hydroxyl groups excluding tert-OH is 1. The predicted octanol–water partition coefficient (Wildman–Crippen LogP) is 6.97. The Morgan fingerprint density at radius 3 is 1.93 bits per heavy atom. The molecule has 1 fully saturated rings. The molecule has 0 radical (unpaired) electrons. The van der Waals surface area contributed by atoms with E-state index in [2.05, 4.69) is 20.3 Å². The maximum Gasteiger partial charge on any atom is 0.408 e. The molecule has 68 heavy (non-hydrogen) atoms. The minimum absolute atomic E-state index is 0.0696. The number of aromatic nitrogens is 4. The number of nitrogen functional groups attached to an aromatic ring is 1. The molecule has 0 spiro atoms. The van der Waals surface area contributed by atoms with Crippen molar-refractivity contribution in [1.29, 1.82) is 0 Å². The van der Waals surface area contributed by atoms with Gasteiger partial charge in [0.1, 0.15) is 52.8 Å². The minimum atomic E-state index is -1.52. The molecule has 0 aliphatic carbocycles. The number of nitrogens with two attached hydrogens (primary N) is 1. The summed E-state index contributed by atoms with van der Waals surface area (Å²) in [6.07, 6.45) is -3.59. The molecule has 350 valence electrons. The van der Waals surface area contributed by atoms with Crippen molar-refractivity contribution in [1.82, 2.24) is 24.8 Å². The first-order valence-electron chi connectivity index (χ1n) is 21.9. The fraction of sp³-hybridized carbons (Fsp3) is 0.269. The van der Waals surface area contributed by atoms with Gasteiger partial charge in [-0.1, -0.05) is 109 Å². The van der Waals surface area contributed by atoms with Crippen LogP contribution in [0.2, 0.25) is 0 Å². The van der Waals surface area contributed by atoms with E-state index in [9.17, 15) is 19.5 Å². The molecule has 7 aromatic rings. The van der Waals surface area contributed by atoms with Crippen molar-refractivity contribution >= 4 is 34.8 Å². The van der Waals surface area contributed by atoms with Crippen LogP contribution in [0.1, 0.15) is 65.2 Å². The van der Waals surface area contributed by atoms with Gasteiger partial charge < -0.3 is 44.6 Å². The molecule has 0 saturated carbocycles. The third-order valence-corrected chi connectivity index (χ3v) is 11.5. The summed E-state index contributed by atoms with van der Waals surface area (Å²) < 4.78 is 38.1. The first kappa shape index (κ1) is 46.9. The molecule has 1 aliphatic rings. The number of ether oxygens (including phenoxy) is 6. The summed E-state index contributed by atoms with van der Waals surface area (Å²) in [5.41, 5.74) is 8.31. The maximum atomic E-state index is 14.6. The first-order valence-corrected chi connectivity index (χ1v) is 21.9. The molecule has 3 heterocycles. The Labute approximate surface area is 393 Å². The molecule has 16 heteroatoms. The molecular formula is C52H52N6O10. The minimum Gasteiger partial charge on any atom is -0.497 e. The maximum absolute atomic E-state index is 14.6. The van der Waals surface area contributed by atoms with Gasteiger partial charge >= 0.3 is 12.1 Å². The number of aliphatic hydroxyl groups is 1. The normalized spacial score (nSPS) is 17.6. The number of hydrogen-bond donors (Lipinski definition) is 3. The molecular weight excluding hydrogens is 869 g/mol. The van der Waals surface area contributed by atoms with E-state index in [1.165, 1.54) is 17.2 Å². The van der Waals surface area contributed by atoms with Gasteiger partial charge in [-0.25, -0.2) is 24.5 Å². The van der Waals surface area contributed by atoms with E-state index in [-0.39, 0.29) is 35.8 Å². The molecule has 1 unspecified atom stereocenters. The summed E-state index contributed by atoms with van der Waals surface area (Å²) in [5, 5.41) is 15.0. The van der Waals surface area contributed by atoms with Crippen LogP contribution in [0, 0.1) is 0 Å². The van der Waals surface area contributed by atoms with Gasteiger partial charge in [0.25, 0.3) is 0 Å². The molecule has 0 bridgehead atoms. The van der Waals surface area contributed by atoms with Gasteiger partial charge in [0.15, 0.2) is 29.6 Å². The lowest BCUT2D eigenvalue weighted by Crippen LogP contribution is -2.48. The van der Waals surface area contributed by atoms with Crippen LogP contribution in [-0.4, -0.2) is 93.3 Å². The van der Waals surface area contributed by atoms with Crippen molar-refractivity contribution in [3.63, 3.8) is 0 Å². The number of alkyl carbamates (subject to hydrolysis) is 1. The standard InChI is InChI=1S/C52H52N6O10/c1-51(2,3)68-50(62)57-40(28-32-16-18-34(19-17-32)43(59)33-12-8-6-9-13-33)49(61)67-45-44(60)41(66-48(45)58-31-56-42-46(53)54-30-55-47(42)58)29-65-52(35-14-10-7-11-15-35,36-20-24-38(63-4)25-21-36)37-22-26-39(64-5)27-23-37/h6-27,30-31,40-41,44-45,48,60H,28-29H2,1-5H3,(H,57,62)(H2,53,54,55)/t40?,41-,44-,45+,48-/m0/s1. The monoisotopic (exact) mass is 920 g/mol. The number of fused-ring (bicyclic) bond motifs is 1. The summed E-state index contributed by atoms with van der Waals surface area (Å²) in [5.74, 6) is 0.296. The van der Waals surface area contributed by atoms with Gasteiger partial charge in [-0.15, -0.1) is 0 Å². The van der Waals surface area contributed by atoms with E-state index in [0.29, 0.717) is 28.2 Å². The summed E-state index contributed by atoms with van der Waals surface area (Å²) in [4.78, 5) is 54.0. The summed E-state index contributed by atoms with van der Waals surface area (Å²) in [6.45, 7) is 4.85. The Balaban J connectivity index is 1.14. The molecule has 5 aromatic carbocycles. The zero-order chi connectivity index (χ0) is 48.0. The third kappa shape index (κ3) is 10.0. The molecule has 8 rings (SSSR count). The number of nitrogens with zero attached hydrogens (tertiary/aromatic N) is 4. The van der Waals surface area contributed by atoms with Gasteiger partial charge in [-0.05, 0) is 67.3 Å². The molecule has 4 N–H and O–H groups in total. The van der Waals surface area contributed by atoms with Gasteiger partial charge in [-0.2, -0.15) is 0 Å². The number of amides is 1. The Bertz CT molecular complexity index is 2790. The molecule has 1 saturated heterocycles. The number of ketones is 1. The average Bonchev–Trinajstić information content (AvgIpc) is 3.92. The summed E-state index contributed by atoms with van der Waals surface area (Å²) in [7, 11) is 3.18. The highest BCUT2D eigenvalue weighted by Crippen LogP contribution is 2.43. The number of rotatable bonds is 16. The quantitative estimate of drug-likeness (QED) is 0.0508. The number of anilines is 1. The van der Waals surface area contributed by atoms with Crippen LogP contribution in [0.5, 0.6) is 11.5 Å². The van der Waals surface area contributed by atoms with Crippen LogP contribution < -0.4 is 20.5 Å². The van der Waals surface area contributed by atoms with Crippen molar-refractivity contribution in [3.8, 4) is 11.5 Å². The fourth-order valence-corrected chi connectivity index (χ4v) is 8.19. The van der Waals surface area contributed by atoms with E-state index in [1.807, 2.05) is 84.9 Å². The summed E-state index contributed by atoms with van der Waals surface area (Å²) >= 11 is 0. The number of benzene rings is 5. The van der Waals surface area contributed by atoms with Gasteiger partial charge in [0.05, 0.1) is 27.2 Å². The molecule has 5 atom stereocenters. The van der Waals surface area contributed by atoms with Gasteiger partial charge in [-0.3, -0.25) is 9.36 Å². The van der Waals surface area contributed by atoms with E-state index in [4.69, 9.17) is 34.2 Å². The fourth-order valence-electron chi connectivity index (χ4n) is 8.19. The Morgan fingerprint density at radius 2 is 1.34 bits per heavy atom. The average molecular weight is 921 g/mol. The summed E-state index contributed by atoms with van der Waals surface area (Å²) in [6, 6.07) is 38.8. The second kappa shape index (κ2) is 20.1. The number of hydrogen-bond acceptors (Lipinski definition) is 14. The smallest absolute Gasteiger partial charge is 0.408 e. The second-order valence-corrected chi connectivity index (χ2v) is 17.2. The predicted molar refractivity (Wildman–Crippen MR) is 251 cm³/mol. The SMILES string of the molecule is COc1ccc(C(OC[C@@H]2O[C@H](n3cnc4c(N)ncnc43)[C@H](OC(=O)C(Cc3ccc(C(=O)c4ccccc4)cc3)NC(=O)OC(C)(C)C)[C@H]2O)(c2ccccc2)c2ccc(OC)cc2)cc1. The van der Waals surface area contributed by atoms with Crippen molar-refractivity contribution < 1.29 is 47.9 Å². The van der Waals surface area contributed by atoms with Crippen LogP contribution >= 0.6 is 0 Å². The zero-order valence-electron chi connectivity index (χ0n) is 38.1. The van der Waals surface area contributed by atoms with Crippen LogP contribution in [0.3, 0.4) is 0 Å². The Morgan fingerprint density at radius 1 is 0.765 bits per heavy atom. The second-order valence-electron chi connectivity index (χ2n) is 17.2. The highest BCUT2D eigenvalue weighted by Gasteiger charge is 2.50. The van der Waals surface area contributed by atoms with E-state index >= 15 is 0 Å².